The Morgan fingerprint density at radius 3 is 2.89 bits per heavy atom. The third-order valence-corrected chi connectivity index (χ3v) is 5.18. The summed E-state index contributed by atoms with van der Waals surface area (Å²) in [5, 5.41) is 15.2. The van der Waals surface area contributed by atoms with Crippen molar-refractivity contribution in [1.82, 2.24) is 15.5 Å². The van der Waals surface area contributed by atoms with Crippen molar-refractivity contribution in [3.63, 3.8) is 0 Å². The Morgan fingerprint density at radius 2 is 2.04 bits per heavy atom. The van der Waals surface area contributed by atoms with Crippen LogP contribution in [0.1, 0.15) is 32.1 Å². The SMILES string of the molecule is Cl.O=C(Nc1nnc(Cc2ccccc2F)s1)c1ccc2c(c1)CCNC2. The monoisotopic (exact) mass is 404 g/mol. The van der Waals surface area contributed by atoms with Gasteiger partial charge >= 0.3 is 0 Å². The molecule has 5 nitrogen and oxygen atoms in total. The third-order valence-electron chi connectivity index (χ3n) is 4.34. The van der Waals surface area contributed by atoms with E-state index in [2.05, 4.69) is 20.8 Å². The molecule has 1 amide bonds. The molecule has 0 saturated heterocycles. The first kappa shape index (κ1) is 19.4. The molecule has 1 aliphatic rings. The average molecular weight is 405 g/mol. The van der Waals surface area contributed by atoms with E-state index in [0.29, 0.717) is 27.7 Å². The Hall–Kier alpha value is -2.35. The molecule has 8 heteroatoms. The number of anilines is 1. The highest BCUT2D eigenvalue weighted by atomic mass is 35.5. The van der Waals surface area contributed by atoms with Crippen LogP contribution in [0.3, 0.4) is 0 Å². The van der Waals surface area contributed by atoms with Crippen LogP contribution >= 0.6 is 23.7 Å². The summed E-state index contributed by atoms with van der Waals surface area (Å²) < 4.78 is 13.7. The van der Waals surface area contributed by atoms with E-state index in [1.54, 1.807) is 18.2 Å². The van der Waals surface area contributed by atoms with Crippen molar-refractivity contribution in [2.24, 2.45) is 0 Å². The molecule has 0 aliphatic carbocycles. The minimum Gasteiger partial charge on any atom is -0.312 e. The standard InChI is InChI=1S/C19H17FN4OS.ClH/c20-16-4-2-1-3-13(16)10-17-23-24-19(26-17)22-18(25)14-5-6-15-11-21-8-7-12(15)9-14;/h1-6,9,21H,7-8,10-11H2,(H,22,24,25);1H. The number of halogens is 2. The summed E-state index contributed by atoms with van der Waals surface area (Å²) in [6.07, 6.45) is 1.27. The van der Waals surface area contributed by atoms with Crippen LogP contribution in [0.5, 0.6) is 0 Å². The van der Waals surface area contributed by atoms with E-state index in [1.807, 2.05) is 18.2 Å². The molecular formula is C19H18ClFN4OS. The predicted octanol–water partition coefficient (Wildman–Crippen LogP) is 3.59. The summed E-state index contributed by atoms with van der Waals surface area (Å²) in [6.45, 7) is 1.76. The fraction of sp³-hybridized carbons (Fsp3) is 0.211. The van der Waals surface area contributed by atoms with Crippen LogP contribution < -0.4 is 10.6 Å². The van der Waals surface area contributed by atoms with E-state index in [9.17, 15) is 9.18 Å². The van der Waals surface area contributed by atoms with Gasteiger partial charge in [-0.3, -0.25) is 10.1 Å². The number of nitrogens with zero attached hydrogens (tertiary/aromatic N) is 2. The highest BCUT2D eigenvalue weighted by molar-refractivity contribution is 7.15. The van der Waals surface area contributed by atoms with Gasteiger partial charge in [-0.25, -0.2) is 4.39 Å². The number of hydrogen-bond acceptors (Lipinski definition) is 5. The minimum absolute atomic E-state index is 0. The van der Waals surface area contributed by atoms with E-state index >= 15 is 0 Å². The van der Waals surface area contributed by atoms with Gasteiger partial charge in [0.1, 0.15) is 10.8 Å². The topological polar surface area (TPSA) is 66.9 Å². The molecule has 1 aliphatic heterocycles. The van der Waals surface area contributed by atoms with Gasteiger partial charge in [0.2, 0.25) is 5.13 Å². The molecule has 0 spiro atoms. The molecule has 2 aromatic carbocycles. The van der Waals surface area contributed by atoms with Crippen molar-refractivity contribution < 1.29 is 9.18 Å². The maximum absolute atomic E-state index is 13.7. The summed E-state index contributed by atoms with van der Waals surface area (Å²) >= 11 is 1.26. The number of carbonyl (C=O) groups excluding carboxylic acids is 1. The van der Waals surface area contributed by atoms with E-state index in [-0.39, 0.29) is 24.1 Å². The Labute approximate surface area is 166 Å². The average Bonchev–Trinajstić information content (AvgIpc) is 3.10. The molecular weight excluding hydrogens is 387 g/mol. The van der Waals surface area contributed by atoms with Gasteiger partial charge in [-0.05, 0) is 47.9 Å². The van der Waals surface area contributed by atoms with Crippen LogP contribution in [0.4, 0.5) is 9.52 Å². The zero-order valence-corrected chi connectivity index (χ0v) is 16.0. The molecule has 27 heavy (non-hydrogen) atoms. The molecule has 140 valence electrons. The number of amides is 1. The Balaban J connectivity index is 0.00000210. The fourth-order valence-corrected chi connectivity index (χ4v) is 3.73. The number of aromatic nitrogens is 2. The number of benzene rings is 2. The van der Waals surface area contributed by atoms with Crippen molar-refractivity contribution in [3.8, 4) is 0 Å². The van der Waals surface area contributed by atoms with E-state index in [4.69, 9.17) is 0 Å². The van der Waals surface area contributed by atoms with Crippen LogP contribution in [0, 0.1) is 5.82 Å². The second-order valence-corrected chi connectivity index (χ2v) is 7.20. The predicted molar refractivity (Wildman–Crippen MR) is 106 cm³/mol. The second kappa shape index (κ2) is 8.56. The van der Waals surface area contributed by atoms with E-state index in [0.717, 1.165) is 19.5 Å². The molecule has 0 fully saturated rings. The number of carbonyl (C=O) groups is 1. The summed E-state index contributed by atoms with van der Waals surface area (Å²) in [5.41, 5.74) is 3.60. The molecule has 0 bridgehead atoms. The number of hydrogen-bond donors (Lipinski definition) is 2. The number of nitrogens with one attached hydrogen (secondary N) is 2. The maximum Gasteiger partial charge on any atom is 0.257 e. The highest BCUT2D eigenvalue weighted by Gasteiger charge is 2.15. The summed E-state index contributed by atoms with van der Waals surface area (Å²) in [7, 11) is 0. The molecule has 1 aromatic heterocycles. The molecule has 0 unspecified atom stereocenters. The summed E-state index contributed by atoms with van der Waals surface area (Å²) in [5.74, 6) is -0.475. The Morgan fingerprint density at radius 1 is 1.19 bits per heavy atom. The Kier molecular flexibility index (Phi) is 6.15. The molecule has 2 heterocycles. The molecule has 3 aromatic rings. The first-order chi connectivity index (χ1) is 12.7. The van der Waals surface area contributed by atoms with Gasteiger partial charge in [-0.2, -0.15) is 0 Å². The summed E-state index contributed by atoms with van der Waals surface area (Å²) in [4.78, 5) is 12.5. The van der Waals surface area contributed by atoms with Crippen LogP contribution in [-0.2, 0) is 19.4 Å². The largest absolute Gasteiger partial charge is 0.312 e. The summed E-state index contributed by atoms with van der Waals surface area (Å²) in [6, 6.07) is 12.3. The first-order valence-electron chi connectivity index (χ1n) is 8.39. The minimum atomic E-state index is -0.267. The third kappa shape index (κ3) is 4.50. The normalized spacial score (nSPS) is 12.8. The van der Waals surface area contributed by atoms with Crippen LogP contribution in [0.15, 0.2) is 42.5 Å². The van der Waals surface area contributed by atoms with Crippen LogP contribution in [0.25, 0.3) is 0 Å². The van der Waals surface area contributed by atoms with Crippen molar-refractivity contribution >= 4 is 34.8 Å². The highest BCUT2D eigenvalue weighted by Crippen LogP contribution is 2.21. The second-order valence-electron chi connectivity index (χ2n) is 6.13. The van der Waals surface area contributed by atoms with E-state index < -0.39 is 0 Å². The zero-order chi connectivity index (χ0) is 17.9. The number of rotatable bonds is 4. The molecule has 4 rings (SSSR count). The van der Waals surface area contributed by atoms with Crippen molar-refractivity contribution in [2.45, 2.75) is 19.4 Å². The smallest absolute Gasteiger partial charge is 0.257 e. The Bertz CT molecular complexity index is 962. The molecule has 2 N–H and O–H groups in total. The fourth-order valence-electron chi connectivity index (χ4n) is 2.97. The first-order valence-corrected chi connectivity index (χ1v) is 9.20. The van der Waals surface area contributed by atoms with Gasteiger partial charge in [-0.15, -0.1) is 22.6 Å². The van der Waals surface area contributed by atoms with Gasteiger partial charge < -0.3 is 5.32 Å². The van der Waals surface area contributed by atoms with Gasteiger partial charge in [-0.1, -0.05) is 35.6 Å². The molecule has 0 saturated carbocycles. The van der Waals surface area contributed by atoms with Crippen LogP contribution in [0.2, 0.25) is 0 Å². The molecule has 0 radical (unpaired) electrons. The van der Waals surface area contributed by atoms with Gasteiger partial charge in [0.05, 0.1) is 0 Å². The van der Waals surface area contributed by atoms with Gasteiger partial charge in [0.25, 0.3) is 5.91 Å². The van der Waals surface area contributed by atoms with Crippen LogP contribution in [-0.4, -0.2) is 22.6 Å². The van der Waals surface area contributed by atoms with Gasteiger partial charge in [0.15, 0.2) is 0 Å². The van der Waals surface area contributed by atoms with E-state index in [1.165, 1.54) is 28.5 Å². The van der Waals surface area contributed by atoms with Crippen molar-refractivity contribution in [1.29, 1.82) is 0 Å². The lowest BCUT2D eigenvalue weighted by atomic mass is 9.98. The lowest BCUT2D eigenvalue weighted by molar-refractivity contribution is 0.102. The van der Waals surface area contributed by atoms with Crippen molar-refractivity contribution in [2.75, 3.05) is 11.9 Å². The maximum atomic E-state index is 13.7. The van der Waals surface area contributed by atoms with Crippen molar-refractivity contribution in [3.05, 3.63) is 75.5 Å². The lowest BCUT2D eigenvalue weighted by Crippen LogP contribution is -2.24. The van der Waals surface area contributed by atoms with Gasteiger partial charge in [0, 0.05) is 18.5 Å². The molecule has 0 atom stereocenters. The quantitative estimate of drug-likeness (QED) is 0.697. The zero-order valence-electron chi connectivity index (χ0n) is 14.4. The number of fused-ring (bicyclic) bond motifs is 1. The lowest BCUT2D eigenvalue weighted by Gasteiger charge is -2.17.